The Hall–Kier alpha value is 4.79. The molecule has 0 saturated heterocycles. The molecule has 0 aromatic rings. The first kappa shape index (κ1) is 65.0. The standard InChI is InChI=1S/12O.2Pb.3Ti.2Zr/q;;;3*-2;6*-1;2*+2;;;;2*+4. The van der Waals surface area contributed by atoms with Gasteiger partial charge in [0.1, 0.15) is 0 Å². The Bertz CT molecular complexity index is 127. The maximum atomic E-state index is 8.58. The molecule has 19 heavy (non-hydrogen) atoms. The predicted octanol–water partition coefficient (Wildman–Crippen LogP) is -8.62. The van der Waals surface area contributed by atoms with E-state index in [-0.39, 0.29) is 123 Å². The van der Waals surface area contributed by atoms with Gasteiger partial charge in [0.15, 0.2) is 0 Å². The smallest absolute Gasteiger partial charge is 2.00 e. The summed E-state index contributed by atoms with van der Waals surface area (Å²) in [5.74, 6) is 0. The first-order chi connectivity index (χ1) is 5.20. The van der Waals surface area contributed by atoms with Crippen molar-refractivity contribution < 1.29 is 157 Å². The quantitative estimate of drug-likeness (QED) is 0.208. The third-order valence-corrected chi connectivity index (χ3v) is 0. The molecule has 19 heteroatoms. The van der Waals surface area contributed by atoms with E-state index < -0.39 is 55.8 Å². The second kappa shape index (κ2) is 56.9. The Morgan fingerprint density at radius 3 is 0.474 bits per heavy atom. The minimum atomic E-state index is -4.08. The van der Waals surface area contributed by atoms with Gasteiger partial charge in [-0.2, -0.15) is 0 Å². The topological polar surface area (TPSA) is 275 Å². The van der Waals surface area contributed by atoms with Crippen molar-refractivity contribution in [2.24, 2.45) is 0 Å². The summed E-state index contributed by atoms with van der Waals surface area (Å²) in [6, 6.07) is 0. The minimum absolute atomic E-state index is 0. The van der Waals surface area contributed by atoms with Crippen LogP contribution in [0.1, 0.15) is 0 Å². The van der Waals surface area contributed by atoms with Crippen molar-refractivity contribution in [3.05, 3.63) is 0 Å². The molecule has 0 spiro atoms. The van der Waals surface area contributed by atoms with Crippen molar-refractivity contribution in [1.29, 1.82) is 0 Å². The molecule has 0 unspecified atom stereocenters. The molecule has 0 aliphatic heterocycles. The molecule has 0 N–H and O–H groups in total. The van der Waals surface area contributed by atoms with E-state index in [1.807, 2.05) is 0 Å². The fraction of sp³-hybridized carbons (Fsp3) is 0. The van der Waals surface area contributed by atoms with Gasteiger partial charge in [-0.25, -0.2) is 0 Å². The molecule has 0 aromatic heterocycles. The Labute approximate surface area is 207 Å². The first-order valence-corrected chi connectivity index (χ1v) is 7.57. The minimum Gasteiger partial charge on any atom is 2.00 e. The van der Waals surface area contributed by atoms with Gasteiger partial charge in [0.2, 0.25) is 0 Å². The van der Waals surface area contributed by atoms with Gasteiger partial charge in [-0.05, 0) is 0 Å². The average Bonchev–Trinajstić information content (AvgIpc) is 1.54. The van der Waals surface area contributed by atoms with Crippen LogP contribution < -0.4 is 22.1 Å². The van der Waals surface area contributed by atoms with Crippen LogP contribution in [-0.4, -0.2) is 54.6 Å². The van der Waals surface area contributed by atoms with E-state index in [0.29, 0.717) is 0 Å². The van der Waals surface area contributed by atoms with Crippen molar-refractivity contribution >= 4 is 54.6 Å². The van der Waals surface area contributed by atoms with Crippen LogP contribution in [0.5, 0.6) is 0 Å². The average molecular weight is 932 g/mol. The van der Waals surface area contributed by atoms with Crippen LogP contribution in [0.15, 0.2) is 0 Å². The maximum absolute atomic E-state index is 8.58. The van der Waals surface area contributed by atoms with Gasteiger partial charge in [0.25, 0.3) is 0 Å². The summed E-state index contributed by atoms with van der Waals surface area (Å²) < 4.78 is 77.2. The first-order valence-electron chi connectivity index (χ1n) is 1.84. The van der Waals surface area contributed by atoms with Gasteiger partial charge in [-0.3, -0.25) is 0 Å². The Morgan fingerprint density at radius 2 is 0.474 bits per heavy atom. The van der Waals surface area contributed by atoms with Gasteiger partial charge in [0.05, 0.1) is 0 Å². The largest absolute Gasteiger partial charge is 4.00 e. The van der Waals surface area contributed by atoms with Gasteiger partial charge in [-0.15, -0.1) is 0 Å². The zero-order chi connectivity index (χ0) is 10.7. The van der Waals surface area contributed by atoms with E-state index >= 15 is 0 Å². The molecular weight excluding hydrogens is 932 g/mol. The number of hydrogen-bond donors (Lipinski definition) is 0. The molecule has 12 nitrogen and oxygen atoms in total. The molecule has 0 heterocycles. The van der Waals surface area contributed by atoms with Gasteiger partial charge in [-0.1, -0.05) is 0 Å². The Morgan fingerprint density at radius 1 is 0.474 bits per heavy atom. The van der Waals surface area contributed by atoms with Crippen LogP contribution in [0.2, 0.25) is 0 Å². The summed E-state index contributed by atoms with van der Waals surface area (Å²) in [5.41, 5.74) is 0. The van der Waals surface area contributed by atoms with Crippen molar-refractivity contribution in [2.45, 2.75) is 0 Å². The van der Waals surface area contributed by atoms with Crippen LogP contribution in [0.25, 0.3) is 0 Å². The zero-order valence-electron chi connectivity index (χ0n) is 8.40. The number of hydrogen-bond acceptors (Lipinski definition) is 9. The van der Waals surface area contributed by atoms with Crippen LogP contribution in [0.3, 0.4) is 0 Å². The van der Waals surface area contributed by atoms with Crippen LogP contribution in [0, 0.1) is 0 Å². The van der Waals surface area contributed by atoms with E-state index in [4.69, 9.17) is 32.1 Å². The molecule has 0 aliphatic carbocycles. The number of rotatable bonds is 0. The third-order valence-electron chi connectivity index (χ3n) is 0. The van der Waals surface area contributed by atoms with Crippen LogP contribution >= 0.6 is 0 Å². The summed E-state index contributed by atoms with van der Waals surface area (Å²) in [6.07, 6.45) is 0. The molecule has 100 valence electrons. The normalized spacial score (nSPS) is 4.11. The molecule has 0 aromatic carbocycles. The Balaban J connectivity index is -0.00000000675. The fourth-order valence-electron chi connectivity index (χ4n) is 0. The van der Waals surface area contributed by atoms with E-state index in [0.717, 1.165) is 0 Å². The molecule has 0 fully saturated rings. The van der Waals surface area contributed by atoms with E-state index in [1.54, 1.807) is 0 Å². The van der Waals surface area contributed by atoms with E-state index in [1.165, 1.54) is 0 Å². The molecule has 0 rings (SSSR count). The fourth-order valence-corrected chi connectivity index (χ4v) is 0. The molecule has 0 atom stereocenters. The Kier molecular flexibility index (Phi) is 195. The van der Waals surface area contributed by atoms with Crippen LogP contribution in [0.4, 0.5) is 0 Å². The van der Waals surface area contributed by atoms with Crippen molar-refractivity contribution in [2.75, 3.05) is 0 Å². The van der Waals surface area contributed by atoms with Gasteiger partial charge in [0, 0.05) is 0 Å². The van der Waals surface area contributed by atoms with Crippen molar-refractivity contribution in [3.8, 4) is 0 Å². The van der Waals surface area contributed by atoms with Gasteiger partial charge >= 0.3 is 195 Å². The monoisotopic (exact) mass is 932 g/mol. The maximum Gasteiger partial charge on any atom is 4.00 e. The molecule has 0 amide bonds. The molecule has 0 aliphatic rings. The molecule has 0 saturated carbocycles. The van der Waals surface area contributed by atoms with Crippen molar-refractivity contribution in [3.63, 3.8) is 0 Å². The third kappa shape index (κ3) is 429. The van der Waals surface area contributed by atoms with Crippen LogP contribution in [-0.2, 0) is 135 Å². The zero-order valence-corrected chi connectivity index (χ0v) is 25.8. The summed E-state index contributed by atoms with van der Waals surface area (Å²) in [6.45, 7) is 0. The molecular formula is O12Pb2Ti3Zr2. The predicted molar refractivity (Wildman–Crippen MR) is 15.6 cm³/mol. The summed E-state index contributed by atoms with van der Waals surface area (Å²) in [4.78, 5) is 0. The second-order valence-corrected chi connectivity index (χ2v) is 3.09. The van der Waals surface area contributed by atoms with Gasteiger partial charge < -0.3 is 16.4 Å². The van der Waals surface area contributed by atoms with Crippen molar-refractivity contribution in [1.82, 2.24) is 0 Å². The molecule has 4 radical (unpaired) electrons. The second-order valence-electron chi connectivity index (χ2n) is 0.750. The van der Waals surface area contributed by atoms with E-state index in [2.05, 4.69) is 0 Å². The SMILES string of the molecule is [O-2].[O-2].[O-2].[O]=[Ti]([O-])[O-].[O]=[Ti]([O-])[O-].[O]=[Ti]([O-])[O-].[Pb+2].[Pb+2].[Zr+4].[Zr+4]. The summed E-state index contributed by atoms with van der Waals surface area (Å²) in [5, 5.41) is 0. The summed E-state index contributed by atoms with van der Waals surface area (Å²) >= 11 is -12.2. The van der Waals surface area contributed by atoms with E-state index in [9.17, 15) is 0 Å². The summed E-state index contributed by atoms with van der Waals surface area (Å²) in [7, 11) is 0. The molecule has 0 bridgehead atoms.